The van der Waals surface area contributed by atoms with Crippen LogP contribution in [0.15, 0.2) is 48.5 Å². The van der Waals surface area contributed by atoms with Crippen LogP contribution in [0.2, 0.25) is 0 Å². The van der Waals surface area contributed by atoms with Crippen molar-refractivity contribution >= 4 is 34.1 Å². The van der Waals surface area contributed by atoms with Crippen molar-refractivity contribution < 1.29 is 9.53 Å². The third-order valence-electron chi connectivity index (χ3n) is 6.01. The fourth-order valence-corrected chi connectivity index (χ4v) is 5.11. The maximum absolute atomic E-state index is 13.3. The molecule has 0 spiro atoms. The topological polar surface area (TPSA) is 48.6 Å². The summed E-state index contributed by atoms with van der Waals surface area (Å²) in [6.45, 7) is 2.73. The predicted octanol–water partition coefficient (Wildman–Crippen LogP) is 4.03. The minimum absolute atomic E-state index is 0.117. The average Bonchev–Trinajstić information content (AvgIpc) is 3.23. The molecule has 1 saturated heterocycles. The van der Waals surface area contributed by atoms with Crippen LogP contribution in [0.4, 0.5) is 0 Å². The van der Waals surface area contributed by atoms with Crippen LogP contribution in [0.25, 0.3) is 10.9 Å². The molecule has 3 heterocycles. The predicted molar refractivity (Wildman–Crippen MR) is 117 cm³/mol. The van der Waals surface area contributed by atoms with Crippen LogP contribution < -0.4 is 4.74 Å². The molecule has 1 aromatic heterocycles. The largest absolute Gasteiger partial charge is 0.497 e. The van der Waals surface area contributed by atoms with Crippen molar-refractivity contribution in [3.63, 3.8) is 0 Å². The number of thiocarbonyl (C=S) groups is 1. The fourth-order valence-electron chi connectivity index (χ4n) is 4.69. The summed E-state index contributed by atoms with van der Waals surface area (Å²) in [6, 6.07) is 16.0. The van der Waals surface area contributed by atoms with Crippen molar-refractivity contribution in [2.45, 2.75) is 31.8 Å². The Kier molecular flexibility index (Phi) is 4.32. The van der Waals surface area contributed by atoms with Gasteiger partial charge in [-0.15, -0.1) is 0 Å². The maximum atomic E-state index is 13.3. The SMILES string of the molecule is CCCN1C(=O)C2Cc3c([nH]c4ccccc34)C(c3ccc(OC)cc3)N2C1=S. The van der Waals surface area contributed by atoms with Gasteiger partial charge in [0.15, 0.2) is 5.11 Å². The molecular formula is C23H23N3O2S. The highest BCUT2D eigenvalue weighted by molar-refractivity contribution is 7.80. The van der Waals surface area contributed by atoms with E-state index in [4.69, 9.17) is 17.0 Å². The molecule has 1 amide bonds. The van der Waals surface area contributed by atoms with Gasteiger partial charge in [-0.1, -0.05) is 37.3 Å². The standard InChI is InChI=1S/C23H23N3O2S/c1-3-12-25-22(27)19-13-17-16-6-4-5-7-18(16)24-20(17)21(26(19)23(25)29)14-8-10-15(28-2)11-9-14/h4-11,19,21,24H,3,12-13H2,1-2H3. The lowest BCUT2D eigenvalue weighted by atomic mass is 9.89. The molecule has 0 saturated carbocycles. The second-order valence-electron chi connectivity index (χ2n) is 7.64. The smallest absolute Gasteiger partial charge is 0.251 e. The zero-order valence-corrected chi connectivity index (χ0v) is 17.3. The lowest BCUT2D eigenvalue weighted by molar-refractivity contribution is -0.128. The van der Waals surface area contributed by atoms with Crippen LogP contribution in [0.1, 0.15) is 36.2 Å². The molecule has 1 N–H and O–H groups in total. The van der Waals surface area contributed by atoms with Gasteiger partial charge in [0.1, 0.15) is 11.8 Å². The summed E-state index contributed by atoms with van der Waals surface area (Å²) in [6.07, 6.45) is 1.55. The first kappa shape index (κ1) is 18.2. The number of nitrogens with zero attached hydrogens (tertiary/aromatic N) is 2. The molecule has 0 bridgehead atoms. The van der Waals surface area contributed by atoms with Crippen molar-refractivity contribution in [1.82, 2.24) is 14.8 Å². The van der Waals surface area contributed by atoms with Crippen LogP contribution in [0.5, 0.6) is 5.75 Å². The van der Waals surface area contributed by atoms with Crippen LogP contribution in [-0.2, 0) is 11.2 Å². The van der Waals surface area contributed by atoms with Crippen molar-refractivity contribution in [3.05, 3.63) is 65.4 Å². The van der Waals surface area contributed by atoms with Gasteiger partial charge in [-0.2, -0.15) is 0 Å². The van der Waals surface area contributed by atoms with E-state index in [2.05, 4.69) is 47.1 Å². The third-order valence-corrected chi connectivity index (χ3v) is 6.44. The molecule has 2 aliphatic rings. The van der Waals surface area contributed by atoms with Crippen LogP contribution >= 0.6 is 12.2 Å². The summed E-state index contributed by atoms with van der Waals surface area (Å²) in [7, 11) is 1.67. The number of methoxy groups -OCH3 is 1. The van der Waals surface area contributed by atoms with E-state index < -0.39 is 0 Å². The number of hydrogen-bond acceptors (Lipinski definition) is 3. The van der Waals surface area contributed by atoms with E-state index in [0.717, 1.165) is 28.9 Å². The fraction of sp³-hybridized carbons (Fsp3) is 0.304. The Morgan fingerprint density at radius 2 is 1.93 bits per heavy atom. The molecule has 5 nitrogen and oxygen atoms in total. The average molecular weight is 406 g/mol. The Bertz CT molecular complexity index is 1110. The molecule has 6 heteroatoms. The molecule has 0 radical (unpaired) electrons. The number of carbonyl (C=O) groups is 1. The van der Waals surface area contributed by atoms with E-state index in [-0.39, 0.29) is 18.0 Å². The maximum Gasteiger partial charge on any atom is 0.251 e. The van der Waals surface area contributed by atoms with Crippen LogP contribution in [0, 0.1) is 0 Å². The van der Waals surface area contributed by atoms with E-state index in [0.29, 0.717) is 18.1 Å². The number of rotatable bonds is 4. The van der Waals surface area contributed by atoms with Crippen molar-refractivity contribution in [2.24, 2.45) is 0 Å². The second kappa shape index (κ2) is 6.88. The number of ether oxygens (including phenoxy) is 1. The number of hydrogen-bond donors (Lipinski definition) is 1. The van der Waals surface area contributed by atoms with Crippen LogP contribution in [0.3, 0.4) is 0 Å². The first-order chi connectivity index (χ1) is 14.1. The van der Waals surface area contributed by atoms with Gasteiger partial charge in [0.25, 0.3) is 5.91 Å². The molecule has 29 heavy (non-hydrogen) atoms. The van der Waals surface area contributed by atoms with E-state index in [1.807, 2.05) is 18.2 Å². The Hall–Kier alpha value is -2.86. The molecular weight excluding hydrogens is 382 g/mol. The van der Waals surface area contributed by atoms with E-state index in [9.17, 15) is 4.79 Å². The number of benzene rings is 2. The van der Waals surface area contributed by atoms with Gasteiger partial charge >= 0.3 is 0 Å². The number of amides is 1. The molecule has 2 atom stereocenters. The summed E-state index contributed by atoms with van der Waals surface area (Å²) in [5, 5.41) is 1.82. The van der Waals surface area contributed by atoms with Crippen molar-refractivity contribution in [2.75, 3.05) is 13.7 Å². The lowest BCUT2D eigenvalue weighted by Gasteiger charge is -2.37. The van der Waals surface area contributed by atoms with Gasteiger partial charge < -0.3 is 14.6 Å². The number of fused-ring (bicyclic) bond motifs is 4. The summed E-state index contributed by atoms with van der Waals surface area (Å²) in [5.74, 6) is 0.928. The van der Waals surface area contributed by atoms with Gasteiger partial charge in [0.05, 0.1) is 13.2 Å². The highest BCUT2D eigenvalue weighted by Gasteiger charge is 2.50. The molecule has 5 rings (SSSR count). The summed E-state index contributed by atoms with van der Waals surface area (Å²) >= 11 is 5.81. The number of para-hydroxylation sites is 1. The highest BCUT2D eigenvalue weighted by Crippen LogP contribution is 2.44. The zero-order chi connectivity index (χ0) is 20.1. The van der Waals surface area contributed by atoms with E-state index in [1.165, 1.54) is 10.9 Å². The number of nitrogens with one attached hydrogen (secondary N) is 1. The van der Waals surface area contributed by atoms with Crippen molar-refractivity contribution in [1.29, 1.82) is 0 Å². The molecule has 0 aliphatic carbocycles. The number of H-pyrrole nitrogens is 1. The van der Waals surface area contributed by atoms with Gasteiger partial charge in [-0.3, -0.25) is 9.69 Å². The van der Waals surface area contributed by atoms with Gasteiger partial charge in [0.2, 0.25) is 0 Å². The van der Waals surface area contributed by atoms with Gasteiger partial charge in [-0.25, -0.2) is 0 Å². The summed E-state index contributed by atoms with van der Waals surface area (Å²) < 4.78 is 5.34. The second-order valence-corrected chi connectivity index (χ2v) is 8.00. The van der Waals surface area contributed by atoms with Crippen molar-refractivity contribution in [3.8, 4) is 5.75 Å². The zero-order valence-electron chi connectivity index (χ0n) is 16.5. The lowest BCUT2D eigenvalue weighted by Crippen LogP contribution is -2.44. The Balaban J connectivity index is 1.70. The first-order valence-electron chi connectivity index (χ1n) is 10.0. The molecule has 148 valence electrons. The number of aromatic amines is 1. The Morgan fingerprint density at radius 3 is 2.66 bits per heavy atom. The monoisotopic (exact) mass is 405 g/mol. The summed E-state index contributed by atoms with van der Waals surface area (Å²) in [5.41, 5.74) is 4.54. The third kappa shape index (κ3) is 2.66. The quantitative estimate of drug-likeness (QED) is 0.666. The Morgan fingerprint density at radius 1 is 1.17 bits per heavy atom. The van der Waals surface area contributed by atoms with Crippen LogP contribution in [-0.4, -0.2) is 45.5 Å². The highest BCUT2D eigenvalue weighted by atomic mass is 32.1. The molecule has 2 unspecified atom stereocenters. The number of carbonyl (C=O) groups excluding carboxylic acids is 1. The molecule has 2 aromatic carbocycles. The molecule has 2 aliphatic heterocycles. The normalized spacial score (nSPS) is 20.9. The minimum Gasteiger partial charge on any atom is -0.497 e. The molecule has 3 aromatic rings. The Labute approximate surface area is 175 Å². The minimum atomic E-state index is -0.257. The number of aromatic nitrogens is 1. The van der Waals surface area contributed by atoms with E-state index in [1.54, 1.807) is 12.0 Å². The summed E-state index contributed by atoms with van der Waals surface area (Å²) in [4.78, 5) is 20.8. The van der Waals surface area contributed by atoms with E-state index >= 15 is 0 Å². The molecule has 1 fully saturated rings. The van der Waals surface area contributed by atoms with Gasteiger partial charge in [0, 0.05) is 29.6 Å². The first-order valence-corrected chi connectivity index (χ1v) is 10.4. The van der Waals surface area contributed by atoms with Gasteiger partial charge in [-0.05, 0) is 48.0 Å².